The van der Waals surface area contributed by atoms with E-state index in [1.807, 2.05) is 18.2 Å². The Balaban J connectivity index is 1.91. The topological polar surface area (TPSA) is 53.3 Å². The molecule has 0 bridgehead atoms. The van der Waals surface area contributed by atoms with E-state index in [2.05, 4.69) is 4.98 Å². The Labute approximate surface area is 95.9 Å². The number of rotatable bonds is 5. The molecule has 1 saturated heterocycles. The van der Waals surface area contributed by atoms with Crippen LogP contribution in [0.15, 0.2) is 24.4 Å². The highest BCUT2D eigenvalue weighted by atomic mass is 32.2. The molecule has 1 aliphatic rings. The molecule has 0 amide bonds. The number of hydrogen-bond donors (Lipinski definition) is 0. The van der Waals surface area contributed by atoms with Crippen molar-refractivity contribution in [3.63, 3.8) is 0 Å². The van der Waals surface area contributed by atoms with Gasteiger partial charge in [-0.15, -0.1) is 0 Å². The summed E-state index contributed by atoms with van der Waals surface area (Å²) in [6.45, 7) is 1.77. The van der Waals surface area contributed by atoms with Crippen LogP contribution in [0.1, 0.15) is 5.69 Å². The molecule has 2 heterocycles. The summed E-state index contributed by atoms with van der Waals surface area (Å²) in [5.74, 6) is 0. The van der Waals surface area contributed by atoms with Gasteiger partial charge in [-0.2, -0.15) is 17.0 Å². The van der Waals surface area contributed by atoms with E-state index in [1.54, 1.807) is 13.2 Å². The lowest BCUT2D eigenvalue weighted by Crippen LogP contribution is -2.33. The van der Waals surface area contributed by atoms with E-state index in [4.69, 9.17) is 0 Å². The lowest BCUT2D eigenvalue weighted by atomic mass is 10.3. The van der Waals surface area contributed by atoms with Gasteiger partial charge in [0.2, 0.25) is 0 Å². The van der Waals surface area contributed by atoms with Crippen molar-refractivity contribution in [3.05, 3.63) is 30.1 Å². The molecule has 0 aromatic carbocycles. The summed E-state index contributed by atoms with van der Waals surface area (Å²) in [6.07, 6.45) is 2.36. The number of likely N-dealkylation sites (N-methyl/N-ethyl adjacent to an activating group) is 1. The molecule has 6 heteroatoms. The van der Waals surface area contributed by atoms with Crippen molar-refractivity contribution < 1.29 is 8.42 Å². The largest absolute Gasteiger partial charge is 0.281 e. The quantitative estimate of drug-likeness (QED) is 0.688. The van der Waals surface area contributed by atoms with Crippen molar-refractivity contribution in [2.45, 2.75) is 6.42 Å². The van der Waals surface area contributed by atoms with Gasteiger partial charge in [0.25, 0.3) is 10.2 Å². The average molecular weight is 241 g/mol. The highest BCUT2D eigenvalue weighted by molar-refractivity contribution is 7.87. The molecule has 5 nitrogen and oxygen atoms in total. The summed E-state index contributed by atoms with van der Waals surface area (Å²) < 4.78 is 26.3. The summed E-state index contributed by atoms with van der Waals surface area (Å²) in [7, 11) is -1.59. The van der Waals surface area contributed by atoms with Crippen molar-refractivity contribution in [2.24, 2.45) is 0 Å². The first-order valence-corrected chi connectivity index (χ1v) is 6.62. The molecule has 1 aromatic heterocycles. The molecule has 0 N–H and O–H groups in total. The molecule has 0 aliphatic carbocycles. The Morgan fingerprint density at radius 1 is 1.44 bits per heavy atom. The molecule has 0 atom stereocenters. The van der Waals surface area contributed by atoms with Gasteiger partial charge in [0, 0.05) is 45.0 Å². The van der Waals surface area contributed by atoms with E-state index < -0.39 is 10.2 Å². The van der Waals surface area contributed by atoms with Crippen LogP contribution in [-0.4, -0.2) is 48.7 Å². The predicted molar refractivity (Wildman–Crippen MR) is 61.1 cm³/mol. The maximum Gasteiger partial charge on any atom is 0.281 e. The van der Waals surface area contributed by atoms with Crippen LogP contribution in [0, 0.1) is 0 Å². The van der Waals surface area contributed by atoms with Crippen LogP contribution in [0.3, 0.4) is 0 Å². The SMILES string of the molecule is CN(CCc1ccccn1)S(=O)(=O)N1CC1. The summed E-state index contributed by atoms with van der Waals surface area (Å²) in [5.41, 5.74) is 0.912. The van der Waals surface area contributed by atoms with Gasteiger partial charge in [0.1, 0.15) is 0 Å². The Morgan fingerprint density at radius 3 is 2.75 bits per heavy atom. The van der Waals surface area contributed by atoms with E-state index in [1.165, 1.54) is 8.61 Å². The number of pyridine rings is 1. The van der Waals surface area contributed by atoms with E-state index in [0.29, 0.717) is 26.1 Å². The van der Waals surface area contributed by atoms with E-state index in [9.17, 15) is 8.42 Å². The zero-order chi connectivity index (χ0) is 11.6. The summed E-state index contributed by atoms with van der Waals surface area (Å²) in [4.78, 5) is 4.16. The van der Waals surface area contributed by atoms with Crippen molar-refractivity contribution in [2.75, 3.05) is 26.7 Å². The molecule has 0 unspecified atom stereocenters. The van der Waals surface area contributed by atoms with Gasteiger partial charge in [0.05, 0.1) is 0 Å². The van der Waals surface area contributed by atoms with Gasteiger partial charge in [-0.05, 0) is 12.1 Å². The van der Waals surface area contributed by atoms with Crippen LogP contribution in [0.2, 0.25) is 0 Å². The number of nitrogens with zero attached hydrogens (tertiary/aromatic N) is 3. The second-order valence-corrected chi connectivity index (χ2v) is 5.83. The van der Waals surface area contributed by atoms with Gasteiger partial charge >= 0.3 is 0 Å². The minimum Gasteiger partial charge on any atom is -0.261 e. The molecule has 1 aliphatic heterocycles. The standard InChI is InChI=1S/C10H15N3O2S/c1-12(16(14,15)13-8-9-13)7-5-10-4-2-3-6-11-10/h2-4,6H,5,7-9H2,1H3. The Bertz CT molecular complexity index is 442. The first-order valence-electron chi connectivity index (χ1n) is 5.22. The third-order valence-electron chi connectivity index (χ3n) is 2.54. The Morgan fingerprint density at radius 2 is 2.19 bits per heavy atom. The maximum absolute atomic E-state index is 11.7. The van der Waals surface area contributed by atoms with Crippen molar-refractivity contribution in [1.29, 1.82) is 0 Å². The molecular formula is C10H15N3O2S. The minimum atomic E-state index is -3.20. The predicted octanol–water partition coefficient (Wildman–Crippen LogP) is 0.116. The van der Waals surface area contributed by atoms with Crippen LogP contribution in [0.25, 0.3) is 0 Å². The fourth-order valence-corrected chi connectivity index (χ4v) is 2.66. The zero-order valence-corrected chi connectivity index (χ0v) is 10.0. The molecule has 0 saturated carbocycles. The average Bonchev–Trinajstić information content (AvgIpc) is 3.11. The Hall–Kier alpha value is -0.980. The molecular weight excluding hydrogens is 226 g/mol. The van der Waals surface area contributed by atoms with Gasteiger partial charge in [0.15, 0.2) is 0 Å². The second-order valence-electron chi connectivity index (χ2n) is 3.80. The smallest absolute Gasteiger partial charge is 0.261 e. The molecule has 88 valence electrons. The summed E-state index contributed by atoms with van der Waals surface area (Å²) >= 11 is 0. The normalized spacial score (nSPS) is 16.6. The number of aromatic nitrogens is 1. The van der Waals surface area contributed by atoms with Crippen LogP contribution in [-0.2, 0) is 16.6 Å². The first-order chi connectivity index (χ1) is 7.60. The van der Waals surface area contributed by atoms with Gasteiger partial charge in [-0.3, -0.25) is 4.98 Å². The summed E-state index contributed by atoms with van der Waals surface area (Å²) in [5, 5.41) is 0. The molecule has 1 fully saturated rings. The number of hydrogen-bond acceptors (Lipinski definition) is 3. The molecule has 1 aromatic rings. The lowest BCUT2D eigenvalue weighted by molar-refractivity contribution is 0.444. The van der Waals surface area contributed by atoms with E-state index in [0.717, 1.165) is 5.69 Å². The van der Waals surface area contributed by atoms with E-state index in [-0.39, 0.29) is 0 Å². The van der Waals surface area contributed by atoms with Gasteiger partial charge in [-0.25, -0.2) is 0 Å². The minimum absolute atomic E-state index is 0.468. The fourth-order valence-electron chi connectivity index (χ4n) is 1.40. The molecule has 16 heavy (non-hydrogen) atoms. The van der Waals surface area contributed by atoms with Crippen LogP contribution in [0.4, 0.5) is 0 Å². The fraction of sp³-hybridized carbons (Fsp3) is 0.500. The van der Waals surface area contributed by atoms with E-state index >= 15 is 0 Å². The lowest BCUT2D eigenvalue weighted by Gasteiger charge is -2.16. The van der Waals surface area contributed by atoms with Crippen LogP contribution in [0.5, 0.6) is 0 Å². The van der Waals surface area contributed by atoms with Crippen molar-refractivity contribution >= 4 is 10.2 Å². The van der Waals surface area contributed by atoms with Crippen molar-refractivity contribution in [3.8, 4) is 0 Å². The highest BCUT2D eigenvalue weighted by Gasteiger charge is 2.34. The van der Waals surface area contributed by atoms with Gasteiger partial charge < -0.3 is 0 Å². The monoisotopic (exact) mass is 241 g/mol. The third-order valence-corrected chi connectivity index (χ3v) is 4.52. The first kappa shape index (κ1) is 11.5. The Kier molecular flexibility index (Phi) is 3.22. The molecule has 2 rings (SSSR count). The van der Waals surface area contributed by atoms with Gasteiger partial charge in [-0.1, -0.05) is 6.07 Å². The molecule has 0 spiro atoms. The van der Waals surface area contributed by atoms with Crippen LogP contribution >= 0.6 is 0 Å². The second kappa shape index (κ2) is 4.48. The third kappa shape index (κ3) is 2.58. The highest BCUT2D eigenvalue weighted by Crippen LogP contribution is 2.15. The zero-order valence-electron chi connectivity index (χ0n) is 9.20. The van der Waals surface area contributed by atoms with Crippen LogP contribution < -0.4 is 0 Å². The van der Waals surface area contributed by atoms with Crippen molar-refractivity contribution in [1.82, 2.24) is 13.6 Å². The maximum atomic E-state index is 11.7. The molecule has 0 radical (unpaired) electrons. The summed E-state index contributed by atoms with van der Waals surface area (Å²) in [6, 6.07) is 5.65.